The first-order valence-electron chi connectivity index (χ1n) is 7.87. The van der Waals surface area contributed by atoms with Crippen molar-refractivity contribution in [3.63, 3.8) is 0 Å². The van der Waals surface area contributed by atoms with Gasteiger partial charge in [0.1, 0.15) is 0 Å². The van der Waals surface area contributed by atoms with E-state index < -0.39 is 0 Å². The Kier molecular flexibility index (Phi) is 5.64. The van der Waals surface area contributed by atoms with Gasteiger partial charge in [-0.1, -0.05) is 26.2 Å². The standard InChI is InChI=1S/C15H29N3O/c1-12(13-10-16-11-13)15(19)17-8-9-18(2)14-6-4-3-5-7-14/h12-14,16H,3-11H2,1-2H3,(H,17,19). The average molecular weight is 267 g/mol. The van der Waals surface area contributed by atoms with Gasteiger partial charge in [0.05, 0.1) is 0 Å². The fourth-order valence-corrected chi connectivity index (χ4v) is 3.10. The molecular formula is C15H29N3O. The van der Waals surface area contributed by atoms with Gasteiger partial charge in [-0.15, -0.1) is 0 Å². The van der Waals surface area contributed by atoms with E-state index in [1.54, 1.807) is 0 Å². The second-order valence-electron chi connectivity index (χ2n) is 6.27. The zero-order valence-electron chi connectivity index (χ0n) is 12.5. The Morgan fingerprint density at radius 2 is 2.00 bits per heavy atom. The van der Waals surface area contributed by atoms with Crippen LogP contribution in [0.3, 0.4) is 0 Å². The topological polar surface area (TPSA) is 44.4 Å². The third kappa shape index (κ3) is 4.18. The highest BCUT2D eigenvalue weighted by Crippen LogP contribution is 2.21. The Hall–Kier alpha value is -0.610. The van der Waals surface area contributed by atoms with E-state index in [-0.39, 0.29) is 11.8 Å². The average Bonchev–Trinajstić information content (AvgIpc) is 2.37. The predicted octanol–water partition coefficient (Wildman–Crippen LogP) is 1.22. The Morgan fingerprint density at radius 3 is 2.58 bits per heavy atom. The lowest BCUT2D eigenvalue weighted by molar-refractivity contribution is -0.126. The van der Waals surface area contributed by atoms with Gasteiger partial charge in [0.25, 0.3) is 0 Å². The fourth-order valence-electron chi connectivity index (χ4n) is 3.10. The molecule has 19 heavy (non-hydrogen) atoms. The molecule has 2 fully saturated rings. The third-order valence-corrected chi connectivity index (χ3v) is 4.90. The quantitative estimate of drug-likeness (QED) is 0.760. The molecule has 1 saturated heterocycles. The van der Waals surface area contributed by atoms with Crippen molar-refractivity contribution in [2.75, 3.05) is 33.2 Å². The van der Waals surface area contributed by atoms with Crippen LogP contribution in [-0.2, 0) is 4.79 Å². The molecule has 0 aromatic heterocycles. The van der Waals surface area contributed by atoms with Gasteiger partial charge in [0.15, 0.2) is 0 Å². The minimum atomic E-state index is 0.154. The number of nitrogens with zero attached hydrogens (tertiary/aromatic N) is 1. The maximum absolute atomic E-state index is 12.0. The lowest BCUT2D eigenvalue weighted by Crippen LogP contribution is -2.50. The van der Waals surface area contributed by atoms with Gasteiger partial charge in [-0.05, 0) is 38.9 Å². The van der Waals surface area contributed by atoms with E-state index in [9.17, 15) is 4.79 Å². The van der Waals surface area contributed by atoms with E-state index in [4.69, 9.17) is 0 Å². The van der Waals surface area contributed by atoms with Crippen LogP contribution in [0.15, 0.2) is 0 Å². The van der Waals surface area contributed by atoms with Gasteiger partial charge in [0, 0.05) is 25.0 Å². The van der Waals surface area contributed by atoms with Crippen molar-refractivity contribution in [3.05, 3.63) is 0 Å². The maximum Gasteiger partial charge on any atom is 0.223 e. The molecule has 0 aromatic carbocycles. The van der Waals surface area contributed by atoms with Crippen LogP contribution < -0.4 is 10.6 Å². The molecule has 0 spiro atoms. The van der Waals surface area contributed by atoms with Crippen molar-refractivity contribution in [3.8, 4) is 0 Å². The zero-order chi connectivity index (χ0) is 13.7. The summed E-state index contributed by atoms with van der Waals surface area (Å²) < 4.78 is 0. The summed E-state index contributed by atoms with van der Waals surface area (Å²) in [6.07, 6.45) is 6.79. The van der Waals surface area contributed by atoms with E-state index in [2.05, 4.69) is 22.6 Å². The van der Waals surface area contributed by atoms with Crippen LogP contribution in [0.4, 0.5) is 0 Å². The zero-order valence-corrected chi connectivity index (χ0v) is 12.5. The van der Waals surface area contributed by atoms with Crippen LogP contribution in [0.2, 0.25) is 0 Å². The highest BCUT2D eigenvalue weighted by molar-refractivity contribution is 5.78. The number of nitrogens with one attached hydrogen (secondary N) is 2. The summed E-state index contributed by atoms with van der Waals surface area (Å²) >= 11 is 0. The molecule has 1 aliphatic carbocycles. The molecule has 1 saturated carbocycles. The molecule has 0 aromatic rings. The van der Waals surface area contributed by atoms with Gasteiger partial charge in [-0.25, -0.2) is 0 Å². The Balaban J connectivity index is 1.60. The third-order valence-electron chi connectivity index (χ3n) is 4.90. The smallest absolute Gasteiger partial charge is 0.223 e. The maximum atomic E-state index is 12.0. The van der Waals surface area contributed by atoms with E-state index in [1.807, 2.05) is 6.92 Å². The monoisotopic (exact) mass is 267 g/mol. The highest BCUT2D eigenvalue weighted by atomic mass is 16.1. The van der Waals surface area contributed by atoms with Crippen LogP contribution in [0, 0.1) is 11.8 Å². The molecule has 0 bridgehead atoms. The number of rotatable bonds is 6. The largest absolute Gasteiger partial charge is 0.355 e. The van der Waals surface area contributed by atoms with Crippen molar-refractivity contribution >= 4 is 5.91 Å². The van der Waals surface area contributed by atoms with Gasteiger partial charge in [-0.3, -0.25) is 4.79 Å². The molecular weight excluding hydrogens is 238 g/mol. The first-order valence-corrected chi connectivity index (χ1v) is 7.87. The SMILES string of the molecule is CC(C(=O)NCCN(C)C1CCCCC1)C1CNC1. The summed E-state index contributed by atoms with van der Waals surface area (Å²) in [6, 6.07) is 0.735. The molecule has 1 heterocycles. The van der Waals surface area contributed by atoms with E-state index >= 15 is 0 Å². The number of carbonyl (C=O) groups excluding carboxylic acids is 1. The first-order chi connectivity index (χ1) is 9.18. The van der Waals surface area contributed by atoms with Crippen LogP contribution in [0.25, 0.3) is 0 Å². The molecule has 1 unspecified atom stereocenters. The predicted molar refractivity (Wildman–Crippen MR) is 78.0 cm³/mol. The van der Waals surface area contributed by atoms with E-state index in [0.29, 0.717) is 5.92 Å². The highest BCUT2D eigenvalue weighted by Gasteiger charge is 2.28. The summed E-state index contributed by atoms with van der Waals surface area (Å²) in [5.41, 5.74) is 0. The molecule has 1 aliphatic heterocycles. The summed E-state index contributed by atoms with van der Waals surface area (Å²) in [4.78, 5) is 14.4. The number of amides is 1. The molecule has 1 amide bonds. The minimum absolute atomic E-state index is 0.154. The van der Waals surface area contributed by atoms with Crippen molar-refractivity contribution in [2.24, 2.45) is 11.8 Å². The number of hydrogen-bond acceptors (Lipinski definition) is 3. The molecule has 4 heteroatoms. The minimum Gasteiger partial charge on any atom is -0.355 e. The Morgan fingerprint density at radius 1 is 1.32 bits per heavy atom. The number of carbonyl (C=O) groups is 1. The Bertz CT molecular complexity index is 285. The normalized spacial score (nSPS) is 23.1. The van der Waals surface area contributed by atoms with Gasteiger partial charge in [-0.2, -0.15) is 0 Å². The van der Waals surface area contributed by atoms with Crippen LogP contribution >= 0.6 is 0 Å². The molecule has 2 aliphatic rings. The van der Waals surface area contributed by atoms with Gasteiger partial charge >= 0.3 is 0 Å². The molecule has 2 rings (SSSR count). The van der Waals surface area contributed by atoms with Gasteiger partial charge < -0.3 is 15.5 Å². The van der Waals surface area contributed by atoms with Crippen molar-refractivity contribution in [1.82, 2.24) is 15.5 Å². The second-order valence-corrected chi connectivity index (χ2v) is 6.27. The van der Waals surface area contributed by atoms with Crippen LogP contribution in [-0.4, -0.2) is 50.1 Å². The van der Waals surface area contributed by atoms with Crippen molar-refractivity contribution in [1.29, 1.82) is 0 Å². The lowest BCUT2D eigenvalue weighted by atomic mass is 9.88. The molecule has 4 nitrogen and oxygen atoms in total. The van der Waals surface area contributed by atoms with Crippen molar-refractivity contribution < 1.29 is 4.79 Å². The molecule has 110 valence electrons. The van der Waals surface area contributed by atoms with E-state index in [0.717, 1.165) is 32.2 Å². The summed E-state index contributed by atoms with van der Waals surface area (Å²) in [7, 11) is 2.20. The summed E-state index contributed by atoms with van der Waals surface area (Å²) in [6.45, 7) is 5.81. The number of hydrogen-bond donors (Lipinski definition) is 2. The fraction of sp³-hybridized carbons (Fsp3) is 0.933. The molecule has 0 radical (unpaired) electrons. The summed E-state index contributed by atoms with van der Waals surface area (Å²) in [5, 5.41) is 6.32. The van der Waals surface area contributed by atoms with Crippen LogP contribution in [0.1, 0.15) is 39.0 Å². The Labute approximate surface area is 117 Å². The van der Waals surface area contributed by atoms with E-state index in [1.165, 1.54) is 32.1 Å². The molecule has 1 atom stereocenters. The van der Waals surface area contributed by atoms with Crippen molar-refractivity contribution in [2.45, 2.75) is 45.1 Å². The number of likely N-dealkylation sites (N-methyl/N-ethyl adjacent to an activating group) is 1. The summed E-state index contributed by atoms with van der Waals surface area (Å²) in [5.74, 6) is 0.917. The second kappa shape index (κ2) is 7.25. The first kappa shape index (κ1) is 14.8. The lowest BCUT2D eigenvalue weighted by Gasteiger charge is -2.33. The molecule has 2 N–H and O–H groups in total. The van der Waals surface area contributed by atoms with Gasteiger partial charge in [0.2, 0.25) is 5.91 Å². The van der Waals surface area contributed by atoms with Crippen LogP contribution in [0.5, 0.6) is 0 Å².